The second-order valence-electron chi connectivity index (χ2n) is 4.26. The van der Waals surface area contributed by atoms with Crippen molar-refractivity contribution in [2.45, 2.75) is 12.8 Å². The number of rotatable bonds is 1. The van der Waals surface area contributed by atoms with Crippen LogP contribution >= 0.6 is 0 Å². The maximum Gasteiger partial charge on any atom is 0.224 e. The van der Waals surface area contributed by atoms with E-state index in [0.29, 0.717) is 12.2 Å². The van der Waals surface area contributed by atoms with Gasteiger partial charge in [-0.1, -0.05) is 6.07 Å². The molecule has 1 aromatic carbocycles. The van der Waals surface area contributed by atoms with Crippen LogP contribution in [0.4, 0.5) is 11.5 Å². The van der Waals surface area contributed by atoms with Crippen LogP contribution in [0, 0.1) is 0 Å². The van der Waals surface area contributed by atoms with Gasteiger partial charge in [-0.25, -0.2) is 0 Å². The van der Waals surface area contributed by atoms with Crippen molar-refractivity contribution in [2.24, 2.45) is 0 Å². The van der Waals surface area contributed by atoms with E-state index in [1.54, 1.807) is 6.07 Å². The largest absolute Gasteiger partial charge is 0.382 e. The lowest BCUT2D eigenvalue weighted by molar-refractivity contribution is -0.116. The van der Waals surface area contributed by atoms with Crippen molar-refractivity contribution in [1.29, 1.82) is 0 Å². The van der Waals surface area contributed by atoms with E-state index in [9.17, 15) is 4.79 Å². The Morgan fingerprint density at radius 3 is 2.78 bits per heavy atom. The molecule has 5 nitrogen and oxygen atoms in total. The number of nitrogens with zero attached hydrogens (tertiary/aromatic N) is 2. The van der Waals surface area contributed by atoms with Gasteiger partial charge in [0.15, 0.2) is 0 Å². The number of nitrogen functional groups attached to an aromatic ring is 1. The first-order valence-corrected chi connectivity index (χ1v) is 5.75. The van der Waals surface area contributed by atoms with Crippen molar-refractivity contribution in [1.82, 2.24) is 10.2 Å². The Morgan fingerprint density at radius 1 is 1.11 bits per heavy atom. The molecule has 0 atom stereocenters. The Kier molecular flexibility index (Phi) is 2.44. The zero-order valence-corrected chi connectivity index (χ0v) is 9.68. The number of amides is 1. The number of hydrogen-bond acceptors (Lipinski definition) is 4. The summed E-state index contributed by atoms with van der Waals surface area (Å²) in [6, 6.07) is 9.43. The highest BCUT2D eigenvalue weighted by molar-refractivity contribution is 5.94. The summed E-state index contributed by atoms with van der Waals surface area (Å²) in [4.78, 5) is 11.3. The Morgan fingerprint density at radius 2 is 2.00 bits per heavy atom. The number of carbonyl (C=O) groups excluding carboxylic acids is 1. The molecule has 2 heterocycles. The molecule has 1 aliphatic rings. The summed E-state index contributed by atoms with van der Waals surface area (Å²) in [5.74, 6) is 0.478. The minimum Gasteiger partial charge on any atom is -0.382 e. The fourth-order valence-electron chi connectivity index (χ4n) is 2.04. The summed E-state index contributed by atoms with van der Waals surface area (Å²) < 4.78 is 0. The lowest BCUT2D eigenvalue weighted by atomic mass is 9.99. The maximum atomic E-state index is 11.3. The van der Waals surface area contributed by atoms with Gasteiger partial charge in [-0.2, -0.15) is 0 Å². The number of aryl methyl sites for hydroxylation is 1. The van der Waals surface area contributed by atoms with Crippen molar-refractivity contribution in [2.75, 3.05) is 11.1 Å². The summed E-state index contributed by atoms with van der Waals surface area (Å²) in [5.41, 5.74) is 9.29. The molecule has 2 aromatic rings. The van der Waals surface area contributed by atoms with E-state index in [0.717, 1.165) is 28.9 Å². The van der Waals surface area contributed by atoms with Crippen LogP contribution in [0.1, 0.15) is 12.0 Å². The summed E-state index contributed by atoms with van der Waals surface area (Å²) >= 11 is 0. The molecule has 0 fully saturated rings. The summed E-state index contributed by atoms with van der Waals surface area (Å²) in [6.07, 6.45) is 1.29. The molecule has 18 heavy (non-hydrogen) atoms. The maximum absolute atomic E-state index is 11.3. The fraction of sp³-hybridized carbons (Fsp3) is 0.154. The van der Waals surface area contributed by atoms with Crippen LogP contribution in [0.3, 0.4) is 0 Å². The van der Waals surface area contributed by atoms with Crippen molar-refractivity contribution < 1.29 is 4.79 Å². The normalized spacial score (nSPS) is 13.9. The molecule has 3 rings (SSSR count). The van der Waals surface area contributed by atoms with Crippen LogP contribution in [0.15, 0.2) is 30.3 Å². The lowest BCUT2D eigenvalue weighted by Crippen LogP contribution is -2.18. The van der Waals surface area contributed by atoms with Gasteiger partial charge in [0.05, 0.1) is 5.69 Å². The molecule has 1 aliphatic heterocycles. The van der Waals surface area contributed by atoms with E-state index in [1.165, 1.54) is 0 Å². The van der Waals surface area contributed by atoms with E-state index in [-0.39, 0.29) is 5.91 Å². The Bertz CT molecular complexity index is 607. The third kappa shape index (κ3) is 1.90. The smallest absolute Gasteiger partial charge is 0.224 e. The number of carbonyl (C=O) groups is 1. The van der Waals surface area contributed by atoms with E-state index in [4.69, 9.17) is 5.73 Å². The van der Waals surface area contributed by atoms with Crippen LogP contribution < -0.4 is 11.1 Å². The molecule has 90 valence electrons. The van der Waals surface area contributed by atoms with Gasteiger partial charge in [0, 0.05) is 17.7 Å². The summed E-state index contributed by atoms with van der Waals surface area (Å²) in [6.45, 7) is 0. The molecule has 0 aliphatic carbocycles. The average Bonchev–Trinajstić information content (AvgIpc) is 2.39. The number of aromatic nitrogens is 2. The van der Waals surface area contributed by atoms with E-state index < -0.39 is 0 Å². The van der Waals surface area contributed by atoms with Crippen molar-refractivity contribution in [3.05, 3.63) is 35.9 Å². The Labute approximate surface area is 104 Å². The molecule has 1 aromatic heterocycles. The van der Waals surface area contributed by atoms with Crippen molar-refractivity contribution >= 4 is 17.4 Å². The van der Waals surface area contributed by atoms with Crippen molar-refractivity contribution in [3.8, 4) is 11.3 Å². The minimum atomic E-state index is 0.0718. The summed E-state index contributed by atoms with van der Waals surface area (Å²) in [7, 11) is 0. The molecule has 0 saturated carbocycles. The first kappa shape index (κ1) is 10.7. The topological polar surface area (TPSA) is 80.9 Å². The summed E-state index contributed by atoms with van der Waals surface area (Å²) in [5, 5.41) is 10.7. The highest BCUT2D eigenvalue weighted by Gasteiger charge is 2.15. The van der Waals surface area contributed by atoms with Crippen LogP contribution in [0.25, 0.3) is 11.3 Å². The van der Waals surface area contributed by atoms with Crippen LogP contribution in [0.2, 0.25) is 0 Å². The van der Waals surface area contributed by atoms with E-state index in [1.807, 2.05) is 24.3 Å². The van der Waals surface area contributed by atoms with E-state index >= 15 is 0 Å². The predicted molar refractivity (Wildman–Crippen MR) is 68.8 cm³/mol. The monoisotopic (exact) mass is 240 g/mol. The molecule has 0 radical (unpaired) electrons. The molecular formula is C13H12N4O. The predicted octanol–water partition coefficient (Wildman–Crippen LogP) is 1.61. The average molecular weight is 240 g/mol. The molecule has 1 amide bonds. The standard InChI is InChI=1S/C13H12N4O/c14-12-5-4-11(16-17-12)9-1-3-10-8(7-9)2-6-13(18)15-10/h1,3-5,7H,2,6H2,(H2,14,17)(H,15,18). The van der Waals surface area contributed by atoms with Gasteiger partial charge in [-0.05, 0) is 36.2 Å². The van der Waals surface area contributed by atoms with Gasteiger partial charge >= 0.3 is 0 Å². The third-order valence-electron chi connectivity index (χ3n) is 2.98. The van der Waals surface area contributed by atoms with E-state index in [2.05, 4.69) is 15.5 Å². The van der Waals surface area contributed by atoms with Gasteiger partial charge in [0.2, 0.25) is 5.91 Å². The minimum absolute atomic E-state index is 0.0718. The number of fused-ring (bicyclic) bond motifs is 1. The molecule has 0 saturated heterocycles. The van der Waals surface area contributed by atoms with Crippen molar-refractivity contribution in [3.63, 3.8) is 0 Å². The van der Waals surface area contributed by atoms with Crippen LogP contribution in [0.5, 0.6) is 0 Å². The van der Waals surface area contributed by atoms with Gasteiger partial charge in [-0.3, -0.25) is 4.79 Å². The molecule has 3 N–H and O–H groups in total. The molecule has 0 bridgehead atoms. The number of benzene rings is 1. The third-order valence-corrected chi connectivity index (χ3v) is 2.98. The fourth-order valence-corrected chi connectivity index (χ4v) is 2.04. The highest BCUT2D eigenvalue weighted by atomic mass is 16.1. The van der Waals surface area contributed by atoms with Gasteiger partial charge in [0.25, 0.3) is 0 Å². The SMILES string of the molecule is Nc1ccc(-c2ccc3c(c2)CCC(=O)N3)nn1. The van der Waals surface area contributed by atoms with Crippen LogP contribution in [-0.4, -0.2) is 16.1 Å². The zero-order valence-electron chi connectivity index (χ0n) is 9.68. The molecule has 0 spiro atoms. The Balaban J connectivity index is 1.99. The Hall–Kier alpha value is -2.43. The molecular weight excluding hydrogens is 228 g/mol. The highest BCUT2D eigenvalue weighted by Crippen LogP contribution is 2.27. The second-order valence-corrected chi connectivity index (χ2v) is 4.26. The van der Waals surface area contributed by atoms with Gasteiger partial charge < -0.3 is 11.1 Å². The van der Waals surface area contributed by atoms with Gasteiger partial charge in [0.1, 0.15) is 5.82 Å². The quantitative estimate of drug-likeness (QED) is 0.793. The zero-order chi connectivity index (χ0) is 12.5. The first-order chi connectivity index (χ1) is 8.72. The molecule has 0 unspecified atom stereocenters. The molecule has 5 heteroatoms. The number of nitrogens with two attached hydrogens (primary N) is 1. The van der Waals surface area contributed by atoms with Gasteiger partial charge in [-0.15, -0.1) is 10.2 Å². The second kappa shape index (κ2) is 4.10. The number of nitrogens with one attached hydrogen (secondary N) is 1. The first-order valence-electron chi connectivity index (χ1n) is 5.75. The number of hydrogen-bond donors (Lipinski definition) is 2. The lowest BCUT2D eigenvalue weighted by Gasteiger charge is -2.17. The van der Waals surface area contributed by atoms with Crippen LogP contribution in [-0.2, 0) is 11.2 Å². The number of anilines is 2.